The van der Waals surface area contributed by atoms with Crippen molar-refractivity contribution in [3.63, 3.8) is 0 Å². The number of nitrogens with one attached hydrogen (secondary N) is 1. The monoisotopic (exact) mass is 285 g/mol. The molecule has 0 bridgehead atoms. The molecule has 6 heteroatoms. The predicted molar refractivity (Wildman–Crippen MR) is 65.7 cm³/mol. The van der Waals surface area contributed by atoms with Crippen LogP contribution in [0, 0.1) is 0 Å². The van der Waals surface area contributed by atoms with Crippen molar-refractivity contribution >= 4 is 22.9 Å². The molecule has 1 aromatic heterocycles. The fourth-order valence-corrected chi connectivity index (χ4v) is 2.93. The van der Waals surface area contributed by atoms with E-state index in [1.807, 2.05) is 12.3 Å². The van der Waals surface area contributed by atoms with E-state index in [0.717, 1.165) is 4.88 Å². The van der Waals surface area contributed by atoms with E-state index in [9.17, 15) is 13.2 Å². The molecular weight excluding hydrogens is 271 g/mol. The average molecular weight is 286 g/mol. The lowest BCUT2D eigenvalue weighted by Crippen LogP contribution is -2.21. The zero-order chi connectivity index (χ0) is 12.9. The Hall–Kier alpha value is -0.260. The van der Waals surface area contributed by atoms with Crippen LogP contribution in [0.1, 0.15) is 37.1 Å². The summed E-state index contributed by atoms with van der Waals surface area (Å²) in [6.07, 6.45) is -4.24. The number of alkyl halides is 3. The maximum atomic E-state index is 12.1. The molecule has 1 unspecified atom stereocenters. The van der Waals surface area contributed by atoms with Gasteiger partial charge in [-0.05, 0) is 30.8 Å². The Kier molecular flexibility index (Phi) is 5.76. The molecule has 0 aliphatic heterocycles. The van der Waals surface area contributed by atoms with Crippen molar-refractivity contribution in [3.8, 4) is 0 Å². The van der Waals surface area contributed by atoms with Crippen molar-refractivity contribution in [2.24, 2.45) is 0 Å². The van der Waals surface area contributed by atoms with Gasteiger partial charge in [0.15, 0.2) is 0 Å². The number of halogens is 4. The first-order valence-electron chi connectivity index (χ1n) is 5.47. The van der Waals surface area contributed by atoms with Crippen LogP contribution in [0.4, 0.5) is 13.2 Å². The largest absolute Gasteiger partial charge is 0.389 e. The smallest absolute Gasteiger partial charge is 0.309 e. The quantitative estimate of drug-likeness (QED) is 0.793. The fourth-order valence-electron chi connectivity index (χ4n) is 1.63. The first-order valence-corrected chi connectivity index (χ1v) is 6.73. The third-order valence-corrected chi connectivity index (χ3v) is 3.84. The third kappa shape index (κ3) is 5.27. The van der Waals surface area contributed by atoms with E-state index in [4.69, 9.17) is 11.6 Å². The highest BCUT2D eigenvalue weighted by Crippen LogP contribution is 2.33. The van der Waals surface area contributed by atoms with Crippen LogP contribution in [0.2, 0.25) is 5.02 Å². The highest BCUT2D eigenvalue weighted by atomic mass is 35.5. The molecule has 0 aromatic carbocycles. The van der Waals surface area contributed by atoms with E-state index in [2.05, 4.69) is 5.32 Å². The van der Waals surface area contributed by atoms with E-state index in [-0.39, 0.29) is 12.5 Å². The van der Waals surface area contributed by atoms with Gasteiger partial charge in [-0.15, -0.1) is 11.3 Å². The molecule has 0 spiro atoms. The maximum Gasteiger partial charge on any atom is 0.389 e. The molecule has 1 nitrogen and oxygen atoms in total. The van der Waals surface area contributed by atoms with Crippen LogP contribution in [0.5, 0.6) is 0 Å². The zero-order valence-corrected chi connectivity index (χ0v) is 11.1. The van der Waals surface area contributed by atoms with Gasteiger partial charge in [0.25, 0.3) is 0 Å². The van der Waals surface area contributed by atoms with Crippen molar-refractivity contribution in [2.45, 2.75) is 38.4 Å². The molecule has 98 valence electrons. The van der Waals surface area contributed by atoms with E-state index in [0.29, 0.717) is 18.0 Å². The molecule has 0 saturated heterocycles. The molecular formula is C11H15ClF3NS. The topological polar surface area (TPSA) is 12.0 Å². The number of rotatable bonds is 6. The summed E-state index contributed by atoms with van der Waals surface area (Å²) in [6, 6.07) is 1.70. The van der Waals surface area contributed by atoms with Gasteiger partial charge in [0.1, 0.15) is 0 Å². The van der Waals surface area contributed by atoms with Gasteiger partial charge in [-0.25, -0.2) is 0 Å². The summed E-state index contributed by atoms with van der Waals surface area (Å²) in [5.74, 6) is 0. The molecule has 0 amide bonds. The van der Waals surface area contributed by atoms with Crippen molar-refractivity contribution in [1.29, 1.82) is 0 Å². The van der Waals surface area contributed by atoms with E-state index < -0.39 is 12.6 Å². The summed E-state index contributed by atoms with van der Waals surface area (Å²) in [4.78, 5) is 0.927. The lowest BCUT2D eigenvalue weighted by atomic mass is 10.1. The molecule has 0 aliphatic rings. The zero-order valence-electron chi connectivity index (χ0n) is 9.48. The minimum atomic E-state index is -4.07. The van der Waals surface area contributed by atoms with Crippen LogP contribution in [-0.2, 0) is 0 Å². The number of hydrogen-bond donors (Lipinski definition) is 1. The van der Waals surface area contributed by atoms with Crippen LogP contribution in [0.15, 0.2) is 11.4 Å². The summed E-state index contributed by atoms with van der Waals surface area (Å²) in [5.41, 5.74) is 0. The highest BCUT2D eigenvalue weighted by Gasteiger charge is 2.27. The van der Waals surface area contributed by atoms with Gasteiger partial charge in [0.05, 0.1) is 5.02 Å². The maximum absolute atomic E-state index is 12.1. The van der Waals surface area contributed by atoms with Crippen LogP contribution < -0.4 is 5.32 Å². The van der Waals surface area contributed by atoms with Crippen molar-refractivity contribution in [2.75, 3.05) is 6.54 Å². The molecule has 0 saturated carbocycles. The Morgan fingerprint density at radius 1 is 1.47 bits per heavy atom. The minimum Gasteiger partial charge on any atom is -0.309 e. The molecule has 1 rings (SSSR count). The SMILES string of the molecule is CCNC(CCCC(F)(F)F)c1sccc1Cl. The van der Waals surface area contributed by atoms with Gasteiger partial charge in [-0.1, -0.05) is 18.5 Å². The summed E-state index contributed by atoms with van der Waals surface area (Å²) < 4.78 is 36.2. The summed E-state index contributed by atoms with van der Waals surface area (Å²) in [7, 11) is 0. The van der Waals surface area contributed by atoms with E-state index >= 15 is 0 Å². The van der Waals surface area contributed by atoms with Gasteiger partial charge in [0.2, 0.25) is 0 Å². The Labute approximate surface area is 108 Å². The predicted octanol–water partition coefficient (Wildman–Crippen LogP) is 4.78. The van der Waals surface area contributed by atoms with Gasteiger partial charge in [0, 0.05) is 17.3 Å². The molecule has 0 radical (unpaired) electrons. The first kappa shape index (κ1) is 14.8. The molecule has 0 fully saturated rings. The standard InChI is InChI=1S/C11H15ClF3NS/c1-2-16-9(4-3-6-11(13,14)15)10-8(12)5-7-17-10/h5,7,9,16H,2-4,6H2,1H3. The summed E-state index contributed by atoms with van der Waals surface area (Å²) >= 11 is 7.47. The Balaban J connectivity index is 2.53. The van der Waals surface area contributed by atoms with Crippen LogP contribution in [-0.4, -0.2) is 12.7 Å². The van der Waals surface area contributed by atoms with Gasteiger partial charge in [-0.3, -0.25) is 0 Å². The van der Waals surface area contributed by atoms with Crippen LogP contribution >= 0.6 is 22.9 Å². The van der Waals surface area contributed by atoms with Crippen molar-refractivity contribution in [3.05, 3.63) is 21.3 Å². The Bertz CT molecular complexity index is 338. The molecule has 1 atom stereocenters. The second kappa shape index (κ2) is 6.61. The van der Waals surface area contributed by atoms with Gasteiger partial charge >= 0.3 is 6.18 Å². The molecule has 1 heterocycles. The van der Waals surface area contributed by atoms with Crippen LogP contribution in [0.3, 0.4) is 0 Å². The minimum absolute atomic E-state index is 0.0742. The fraction of sp³-hybridized carbons (Fsp3) is 0.636. The molecule has 1 N–H and O–H groups in total. The first-order chi connectivity index (χ1) is 7.94. The number of thiophene rings is 1. The van der Waals surface area contributed by atoms with Crippen LogP contribution in [0.25, 0.3) is 0 Å². The lowest BCUT2D eigenvalue weighted by Gasteiger charge is -2.17. The second-order valence-corrected chi connectivity index (χ2v) is 5.11. The van der Waals surface area contributed by atoms with E-state index in [1.165, 1.54) is 11.3 Å². The molecule has 0 aliphatic carbocycles. The van der Waals surface area contributed by atoms with Gasteiger partial charge < -0.3 is 5.32 Å². The Morgan fingerprint density at radius 3 is 2.65 bits per heavy atom. The summed E-state index contributed by atoms with van der Waals surface area (Å²) in [6.45, 7) is 2.64. The number of hydrogen-bond acceptors (Lipinski definition) is 2. The normalized spacial score (nSPS) is 13.9. The molecule has 1 aromatic rings. The third-order valence-electron chi connectivity index (χ3n) is 2.36. The van der Waals surface area contributed by atoms with Crippen molar-refractivity contribution in [1.82, 2.24) is 5.32 Å². The van der Waals surface area contributed by atoms with Crippen molar-refractivity contribution < 1.29 is 13.2 Å². The van der Waals surface area contributed by atoms with Gasteiger partial charge in [-0.2, -0.15) is 13.2 Å². The second-order valence-electron chi connectivity index (χ2n) is 3.75. The summed E-state index contributed by atoms with van der Waals surface area (Å²) in [5, 5.41) is 5.66. The average Bonchev–Trinajstić information content (AvgIpc) is 2.61. The molecule has 17 heavy (non-hydrogen) atoms. The highest BCUT2D eigenvalue weighted by molar-refractivity contribution is 7.10. The Morgan fingerprint density at radius 2 is 2.18 bits per heavy atom. The van der Waals surface area contributed by atoms with E-state index in [1.54, 1.807) is 6.07 Å². The lowest BCUT2D eigenvalue weighted by molar-refractivity contribution is -0.135.